The summed E-state index contributed by atoms with van der Waals surface area (Å²) in [5, 5.41) is 9.37. The first kappa shape index (κ1) is 10.4. The van der Waals surface area contributed by atoms with E-state index in [0.29, 0.717) is 5.82 Å². The minimum Gasteiger partial charge on any atom is -0.393 e. The van der Waals surface area contributed by atoms with Crippen LogP contribution in [0.3, 0.4) is 0 Å². The van der Waals surface area contributed by atoms with Gasteiger partial charge < -0.3 is 10.8 Å². The fourth-order valence-corrected chi connectivity index (χ4v) is 1.87. The van der Waals surface area contributed by atoms with Crippen LogP contribution in [0.5, 0.6) is 0 Å². The molecule has 1 aromatic rings. The van der Waals surface area contributed by atoms with E-state index in [-0.39, 0.29) is 6.10 Å². The maximum absolute atomic E-state index is 9.37. The van der Waals surface area contributed by atoms with Gasteiger partial charge in [-0.1, -0.05) is 6.07 Å². The topological polar surface area (TPSA) is 62.4 Å². The van der Waals surface area contributed by atoms with Crippen molar-refractivity contribution in [3.05, 3.63) is 23.9 Å². The van der Waals surface area contributed by atoms with Gasteiger partial charge in [0.25, 0.3) is 0 Å². The quantitative estimate of drug-likeness (QED) is 0.746. The van der Waals surface area contributed by atoms with Gasteiger partial charge in [-0.05, 0) is 24.5 Å². The van der Waals surface area contributed by atoms with E-state index in [1.165, 1.54) is 5.56 Å². The summed E-state index contributed by atoms with van der Waals surface area (Å²) < 4.78 is 0. The molecule has 0 spiro atoms. The molecule has 4 nitrogen and oxygen atoms in total. The van der Waals surface area contributed by atoms with Crippen LogP contribution in [0, 0.1) is 0 Å². The SMILES string of the molecule is Nc1ccc(CN2CCC(O)CC2)cn1. The first-order chi connectivity index (χ1) is 7.24. The predicted octanol–water partition coefficient (Wildman–Crippen LogP) is 0.621. The zero-order valence-electron chi connectivity index (χ0n) is 8.76. The summed E-state index contributed by atoms with van der Waals surface area (Å²) in [6, 6.07) is 3.83. The molecule has 1 saturated heterocycles. The highest BCUT2D eigenvalue weighted by Crippen LogP contribution is 2.13. The molecule has 0 aliphatic carbocycles. The highest BCUT2D eigenvalue weighted by atomic mass is 16.3. The van der Waals surface area contributed by atoms with Gasteiger partial charge in [0, 0.05) is 25.8 Å². The van der Waals surface area contributed by atoms with Gasteiger partial charge in [0.15, 0.2) is 0 Å². The van der Waals surface area contributed by atoms with E-state index in [4.69, 9.17) is 5.73 Å². The molecule has 1 aliphatic heterocycles. The Morgan fingerprint density at radius 2 is 2.13 bits per heavy atom. The number of nitrogens with zero attached hydrogens (tertiary/aromatic N) is 2. The molecule has 1 fully saturated rings. The van der Waals surface area contributed by atoms with E-state index in [1.807, 2.05) is 18.3 Å². The molecule has 1 aliphatic rings. The monoisotopic (exact) mass is 207 g/mol. The van der Waals surface area contributed by atoms with Crippen molar-refractivity contribution < 1.29 is 5.11 Å². The minimum atomic E-state index is -0.106. The van der Waals surface area contributed by atoms with Gasteiger partial charge in [0.2, 0.25) is 0 Å². The third kappa shape index (κ3) is 2.91. The van der Waals surface area contributed by atoms with Crippen LogP contribution < -0.4 is 5.73 Å². The van der Waals surface area contributed by atoms with E-state index in [1.54, 1.807) is 0 Å². The number of rotatable bonds is 2. The molecular formula is C11H17N3O. The number of aliphatic hydroxyl groups is 1. The first-order valence-electron chi connectivity index (χ1n) is 5.35. The first-order valence-corrected chi connectivity index (χ1v) is 5.35. The summed E-state index contributed by atoms with van der Waals surface area (Å²) in [4.78, 5) is 6.39. The number of likely N-dealkylation sites (tertiary alicyclic amines) is 1. The molecule has 2 heterocycles. The molecule has 1 aromatic heterocycles. The van der Waals surface area contributed by atoms with Gasteiger partial charge in [-0.15, -0.1) is 0 Å². The maximum Gasteiger partial charge on any atom is 0.123 e. The summed E-state index contributed by atoms with van der Waals surface area (Å²) >= 11 is 0. The molecule has 82 valence electrons. The zero-order chi connectivity index (χ0) is 10.7. The Hall–Kier alpha value is -1.13. The van der Waals surface area contributed by atoms with Crippen LogP contribution in [0.4, 0.5) is 5.82 Å². The van der Waals surface area contributed by atoms with Crippen molar-refractivity contribution in [3.63, 3.8) is 0 Å². The smallest absolute Gasteiger partial charge is 0.123 e. The third-order valence-corrected chi connectivity index (χ3v) is 2.81. The highest BCUT2D eigenvalue weighted by molar-refractivity contribution is 5.29. The van der Waals surface area contributed by atoms with Crippen LogP contribution in [-0.2, 0) is 6.54 Å². The van der Waals surface area contributed by atoms with Crippen molar-refractivity contribution in [2.75, 3.05) is 18.8 Å². The molecule has 0 unspecified atom stereocenters. The fourth-order valence-electron chi connectivity index (χ4n) is 1.87. The molecule has 0 atom stereocenters. The van der Waals surface area contributed by atoms with Crippen molar-refractivity contribution in [3.8, 4) is 0 Å². The summed E-state index contributed by atoms with van der Waals surface area (Å²) in [6.07, 6.45) is 3.47. The van der Waals surface area contributed by atoms with Crippen LogP contribution in [0.2, 0.25) is 0 Å². The number of aliphatic hydroxyl groups excluding tert-OH is 1. The molecule has 0 bridgehead atoms. The summed E-state index contributed by atoms with van der Waals surface area (Å²) in [5.74, 6) is 0.563. The molecular weight excluding hydrogens is 190 g/mol. The van der Waals surface area contributed by atoms with Crippen LogP contribution in [-0.4, -0.2) is 34.2 Å². The average molecular weight is 207 g/mol. The zero-order valence-corrected chi connectivity index (χ0v) is 8.76. The van der Waals surface area contributed by atoms with E-state index in [2.05, 4.69) is 9.88 Å². The Balaban J connectivity index is 1.89. The van der Waals surface area contributed by atoms with Crippen molar-refractivity contribution >= 4 is 5.82 Å². The van der Waals surface area contributed by atoms with Crippen LogP contribution in [0.1, 0.15) is 18.4 Å². The number of piperidine rings is 1. The number of anilines is 1. The molecule has 15 heavy (non-hydrogen) atoms. The van der Waals surface area contributed by atoms with Crippen LogP contribution >= 0.6 is 0 Å². The second-order valence-corrected chi connectivity index (χ2v) is 4.10. The third-order valence-electron chi connectivity index (χ3n) is 2.81. The van der Waals surface area contributed by atoms with E-state index >= 15 is 0 Å². The molecule has 2 rings (SSSR count). The number of hydrogen-bond donors (Lipinski definition) is 2. The molecule has 0 amide bonds. The second kappa shape index (κ2) is 4.59. The standard InChI is InChI=1S/C11H17N3O/c12-11-2-1-9(7-13-11)8-14-5-3-10(15)4-6-14/h1-2,7,10,15H,3-6,8H2,(H2,12,13). The summed E-state index contributed by atoms with van der Waals surface area (Å²) in [5.41, 5.74) is 6.70. The normalized spacial score (nSPS) is 19.3. The van der Waals surface area contributed by atoms with E-state index in [0.717, 1.165) is 32.5 Å². The maximum atomic E-state index is 9.37. The number of pyridine rings is 1. The molecule has 3 N–H and O–H groups in total. The molecule has 0 aromatic carbocycles. The van der Waals surface area contributed by atoms with Crippen molar-refractivity contribution in [1.29, 1.82) is 0 Å². The van der Waals surface area contributed by atoms with Gasteiger partial charge in [-0.2, -0.15) is 0 Å². The Bertz CT molecular complexity index is 304. The molecule has 4 heteroatoms. The lowest BCUT2D eigenvalue weighted by atomic mass is 10.1. The number of nitrogens with two attached hydrogens (primary N) is 1. The van der Waals surface area contributed by atoms with E-state index < -0.39 is 0 Å². The lowest BCUT2D eigenvalue weighted by molar-refractivity contribution is 0.0792. The Morgan fingerprint density at radius 3 is 2.73 bits per heavy atom. The highest BCUT2D eigenvalue weighted by Gasteiger charge is 2.16. The van der Waals surface area contributed by atoms with Gasteiger partial charge in [-0.3, -0.25) is 4.90 Å². The van der Waals surface area contributed by atoms with E-state index in [9.17, 15) is 5.11 Å². The van der Waals surface area contributed by atoms with Gasteiger partial charge >= 0.3 is 0 Å². The van der Waals surface area contributed by atoms with Crippen molar-refractivity contribution in [2.24, 2.45) is 0 Å². The number of nitrogen functional groups attached to an aromatic ring is 1. The summed E-state index contributed by atoms with van der Waals surface area (Å²) in [7, 11) is 0. The van der Waals surface area contributed by atoms with Gasteiger partial charge in [-0.25, -0.2) is 4.98 Å². The summed E-state index contributed by atoms with van der Waals surface area (Å²) in [6.45, 7) is 2.83. The Kier molecular flexibility index (Phi) is 3.18. The lowest BCUT2D eigenvalue weighted by Gasteiger charge is -2.29. The fraction of sp³-hybridized carbons (Fsp3) is 0.545. The van der Waals surface area contributed by atoms with Gasteiger partial charge in [0.1, 0.15) is 5.82 Å². The molecule has 0 radical (unpaired) electrons. The lowest BCUT2D eigenvalue weighted by Crippen LogP contribution is -2.35. The predicted molar refractivity (Wildman–Crippen MR) is 59.2 cm³/mol. The van der Waals surface area contributed by atoms with Crippen molar-refractivity contribution in [1.82, 2.24) is 9.88 Å². The minimum absolute atomic E-state index is 0.106. The Morgan fingerprint density at radius 1 is 1.40 bits per heavy atom. The van der Waals surface area contributed by atoms with Crippen LogP contribution in [0.25, 0.3) is 0 Å². The Labute approximate surface area is 89.7 Å². The second-order valence-electron chi connectivity index (χ2n) is 4.10. The largest absolute Gasteiger partial charge is 0.393 e. The van der Waals surface area contributed by atoms with Crippen molar-refractivity contribution in [2.45, 2.75) is 25.5 Å². The number of aromatic nitrogens is 1. The van der Waals surface area contributed by atoms with Gasteiger partial charge in [0.05, 0.1) is 6.10 Å². The average Bonchev–Trinajstić information content (AvgIpc) is 2.25. The number of hydrogen-bond acceptors (Lipinski definition) is 4. The van der Waals surface area contributed by atoms with Crippen LogP contribution in [0.15, 0.2) is 18.3 Å². The molecule has 0 saturated carbocycles.